The van der Waals surface area contributed by atoms with Crippen molar-refractivity contribution in [2.45, 2.75) is 38.9 Å². The van der Waals surface area contributed by atoms with Crippen LogP contribution in [0.25, 0.3) is 16.8 Å². The molecule has 0 amide bonds. The third kappa shape index (κ3) is 4.76. The number of pyridine rings is 2. The Bertz CT molecular complexity index is 1610. The van der Waals surface area contributed by atoms with Crippen LogP contribution < -0.4 is 14.4 Å². The lowest BCUT2D eigenvalue weighted by Crippen LogP contribution is -2.68. The Hall–Kier alpha value is -4.74. The van der Waals surface area contributed by atoms with Crippen LogP contribution in [-0.2, 0) is 6.54 Å². The van der Waals surface area contributed by atoms with E-state index in [0.717, 1.165) is 25.5 Å². The zero-order valence-corrected chi connectivity index (χ0v) is 22.7. The molecule has 7 heterocycles. The van der Waals surface area contributed by atoms with E-state index in [0.29, 0.717) is 46.1 Å². The van der Waals surface area contributed by atoms with Crippen LogP contribution >= 0.6 is 0 Å². The Morgan fingerprint density at radius 3 is 2.52 bits per heavy atom. The molecule has 11 nitrogen and oxygen atoms in total. The molecule has 0 N–H and O–H groups in total. The van der Waals surface area contributed by atoms with Crippen LogP contribution in [0.5, 0.6) is 11.6 Å². The first-order chi connectivity index (χ1) is 19.4. The van der Waals surface area contributed by atoms with E-state index in [1.165, 1.54) is 18.2 Å². The molecule has 0 saturated carbocycles. The molecule has 7 rings (SSSR count). The van der Waals surface area contributed by atoms with Gasteiger partial charge in [0.25, 0.3) is 0 Å². The van der Waals surface area contributed by atoms with Crippen molar-refractivity contribution >= 4 is 11.3 Å². The Kier molecular flexibility index (Phi) is 6.45. The highest BCUT2D eigenvalue weighted by Crippen LogP contribution is 2.36. The molecule has 3 aliphatic rings. The average Bonchev–Trinajstić information content (AvgIpc) is 3.42. The first-order valence-corrected chi connectivity index (χ1v) is 13.1. The minimum Gasteiger partial charge on any atom is -0.490 e. The number of rotatable bonds is 8. The minimum absolute atomic E-state index is 0.217. The Labute approximate surface area is 232 Å². The summed E-state index contributed by atoms with van der Waals surface area (Å²) in [7, 11) is 1.62. The lowest BCUT2D eigenvalue weighted by Gasteiger charge is -2.56. The fourth-order valence-electron chi connectivity index (χ4n) is 5.34. The SMILES string of the molecule is COc1ccc(CN2C3CC2CN(c2cnc(-c4cc(OCC(C)(C)C#N)cn5ncc(C#N)c45)cn2)C3)cn1. The van der Waals surface area contributed by atoms with Gasteiger partial charge in [-0.25, -0.2) is 14.5 Å². The number of hydrogen-bond donors (Lipinski definition) is 0. The molecule has 3 fully saturated rings. The molecule has 4 aromatic heterocycles. The summed E-state index contributed by atoms with van der Waals surface area (Å²) in [5, 5.41) is 23.3. The monoisotopic (exact) mass is 535 g/mol. The summed E-state index contributed by atoms with van der Waals surface area (Å²) < 4.78 is 12.7. The molecule has 0 radical (unpaired) electrons. The minimum atomic E-state index is -0.644. The third-order valence-corrected chi connectivity index (χ3v) is 7.56. The van der Waals surface area contributed by atoms with E-state index in [2.05, 4.69) is 38.1 Å². The van der Waals surface area contributed by atoms with Crippen LogP contribution in [0.2, 0.25) is 0 Å². The topological polar surface area (TPSA) is 128 Å². The molecular formula is C29H29N9O2. The van der Waals surface area contributed by atoms with Crippen molar-refractivity contribution in [3.05, 3.63) is 60.3 Å². The van der Waals surface area contributed by atoms with Crippen LogP contribution in [0.15, 0.2) is 49.2 Å². The molecule has 3 aliphatic heterocycles. The quantitative estimate of drug-likeness (QED) is 0.331. The number of hydrogen-bond acceptors (Lipinski definition) is 10. The first-order valence-electron chi connectivity index (χ1n) is 13.1. The van der Waals surface area contributed by atoms with Gasteiger partial charge in [0.15, 0.2) is 0 Å². The average molecular weight is 536 g/mol. The maximum Gasteiger partial charge on any atom is 0.212 e. The largest absolute Gasteiger partial charge is 0.490 e. The highest BCUT2D eigenvalue weighted by Gasteiger charge is 2.44. The molecule has 2 atom stereocenters. The second kappa shape index (κ2) is 10.1. The molecule has 0 aliphatic carbocycles. The van der Waals surface area contributed by atoms with Gasteiger partial charge in [-0.15, -0.1) is 0 Å². The van der Waals surface area contributed by atoms with E-state index < -0.39 is 5.41 Å². The van der Waals surface area contributed by atoms with Crippen molar-refractivity contribution in [2.24, 2.45) is 5.41 Å². The van der Waals surface area contributed by atoms with Gasteiger partial charge in [0.1, 0.15) is 24.2 Å². The van der Waals surface area contributed by atoms with Crippen LogP contribution in [0.1, 0.15) is 31.4 Å². The van der Waals surface area contributed by atoms with Gasteiger partial charge >= 0.3 is 0 Å². The van der Waals surface area contributed by atoms with Crippen LogP contribution in [-0.4, -0.2) is 68.4 Å². The second-order valence-corrected chi connectivity index (χ2v) is 10.9. The van der Waals surface area contributed by atoms with Gasteiger partial charge in [0.2, 0.25) is 5.88 Å². The van der Waals surface area contributed by atoms with Gasteiger partial charge in [0.05, 0.1) is 60.2 Å². The molecule has 2 bridgehead atoms. The van der Waals surface area contributed by atoms with Crippen molar-refractivity contribution in [1.82, 2.24) is 29.5 Å². The van der Waals surface area contributed by atoms with Gasteiger partial charge in [-0.2, -0.15) is 15.6 Å². The maximum absolute atomic E-state index is 9.66. The lowest BCUT2D eigenvalue weighted by molar-refractivity contribution is -0.00879. The number of methoxy groups -OCH3 is 1. The summed E-state index contributed by atoms with van der Waals surface area (Å²) in [6, 6.07) is 11.2. The molecule has 3 saturated heterocycles. The molecule has 40 heavy (non-hydrogen) atoms. The highest BCUT2D eigenvalue weighted by molar-refractivity contribution is 5.83. The maximum atomic E-state index is 9.66. The molecule has 2 unspecified atom stereocenters. The van der Waals surface area contributed by atoms with Crippen molar-refractivity contribution in [3.8, 4) is 35.0 Å². The summed E-state index contributed by atoms with van der Waals surface area (Å²) in [5.74, 6) is 1.99. The number of anilines is 1. The van der Waals surface area contributed by atoms with Crippen molar-refractivity contribution in [3.63, 3.8) is 0 Å². The van der Waals surface area contributed by atoms with E-state index >= 15 is 0 Å². The van der Waals surface area contributed by atoms with Gasteiger partial charge < -0.3 is 14.4 Å². The predicted molar refractivity (Wildman–Crippen MR) is 147 cm³/mol. The van der Waals surface area contributed by atoms with E-state index in [1.54, 1.807) is 30.2 Å². The predicted octanol–water partition coefficient (Wildman–Crippen LogP) is 3.46. The molecule has 0 spiro atoms. The standard InChI is InChI=1S/C29H29N9O2/c1-29(2,17-31)18-40-23-7-24(28-20(8-30)10-35-38(28)16-23)25-11-33-26(12-32-25)36-14-21-6-22(15-36)37(21)13-19-4-5-27(39-3)34-9-19/h4-5,7,9-12,16,21-22H,6,13-15,18H2,1-3H3. The van der Waals surface area contributed by atoms with Crippen molar-refractivity contribution in [1.29, 1.82) is 10.5 Å². The van der Waals surface area contributed by atoms with Crippen molar-refractivity contribution in [2.75, 3.05) is 31.7 Å². The number of piperazine rings is 1. The van der Waals surface area contributed by atoms with Gasteiger partial charge in [-0.1, -0.05) is 6.07 Å². The molecular weight excluding hydrogens is 506 g/mol. The highest BCUT2D eigenvalue weighted by atomic mass is 16.5. The van der Waals surface area contributed by atoms with E-state index in [4.69, 9.17) is 19.4 Å². The Morgan fingerprint density at radius 2 is 1.88 bits per heavy atom. The smallest absolute Gasteiger partial charge is 0.212 e. The number of aromatic nitrogens is 5. The third-order valence-electron chi connectivity index (χ3n) is 7.56. The second-order valence-electron chi connectivity index (χ2n) is 10.9. The fourth-order valence-corrected chi connectivity index (χ4v) is 5.34. The van der Waals surface area contributed by atoms with Crippen LogP contribution in [0.3, 0.4) is 0 Å². The summed E-state index contributed by atoms with van der Waals surface area (Å²) in [6.07, 6.45) is 9.83. The normalized spacial score (nSPS) is 18.6. The zero-order chi connectivity index (χ0) is 27.9. The lowest BCUT2D eigenvalue weighted by atomic mass is 9.87. The van der Waals surface area contributed by atoms with E-state index in [9.17, 15) is 10.5 Å². The van der Waals surface area contributed by atoms with E-state index in [-0.39, 0.29) is 6.61 Å². The first kappa shape index (κ1) is 25.5. The molecule has 4 aromatic rings. The number of nitriles is 2. The number of fused-ring (bicyclic) bond motifs is 3. The fraction of sp³-hybridized carbons (Fsp3) is 0.379. The Balaban J connectivity index is 1.19. The number of ether oxygens (including phenoxy) is 2. The summed E-state index contributed by atoms with van der Waals surface area (Å²) in [4.78, 5) is 18.7. The zero-order valence-electron chi connectivity index (χ0n) is 22.7. The molecule has 202 valence electrons. The van der Waals surface area contributed by atoms with E-state index in [1.807, 2.05) is 32.2 Å². The van der Waals surface area contributed by atoms with Gasteiger partial charge in [-0.3, -0.25) is 9.88 Å². The molecule has 11 heteroatoms. The molecule has 0 aromatic carbocycles. The van der Waals surface area contributed by atoms with Crippen LogP contribution in [0, 0.1) is 28.1 Å². The summed E-state index contributed by atoms with van der Waals surface area (Å²) in [6.45, 7) is 6.50. The van der Waals surface area contributed by atoms with Crippen molar-refractivity contribution < 1.29 is 9.47 Å². The van der Waals surface area contributed by atoms with Crippen LogP contribution in [0.4, 0.5) is 5.82 Å². The summed E-state index contributed by atoms with van der Waals surface area (Å²) in [5.41, 5.74) is 2.92. The Morgan fingerprint density at radius 1 is 1.05 bits per heavy atom. The summed E-state index contributed by atoms with van der Waals surface area (Å²) >= 11 is 0. The number of piperidine rings is 1. The number of nitrogens with zero attached hydrogens (tertiary/aromatic N) is 9. The van der Waals surface area contributed by atoms with Gasteiger partial charge in [0, 0.05) is 49.5 Å². The van der Waals surface area contributed by atoms with Gasteiger partial charge in [-0.05, 0) is 31.9 Å².